The van der Waals surface area contributed by atoms with Crippen LogP contribution in [-0.2, 0) is 15.8 Å². The number of fused-ring (bicyclic) bond motifs is 1. The maximum absolute atomic E-state index is 13.8. The van der Waals surface area contributed by atoms with Crippen LogP contribution in [0.5, 0.6) is 11.5 Å². The van der Waals surface area contributed by atoms with Gasteiger partial charge >= 0.3 is 6.18 Å². The number of hydrogen-bond donors (Lipinski definition) is 2. The highest BCUT2D eigenvalue weighted by Crippen LogP contribution is 2.47. The number of rotatable bonds is 4. The molecule has 0 unspecified atom stereocenters. The van der Waals surface area contributed by atoms with Crippen LogP contribution >= 0.6 is 0 Å². The van der Waals surface area contributed by atoms with Crippen LogP contribution < -0.4 is 20.1 Å². The van der Waals surface area contributed by atoms with Crippen molar-refractivity contribution >= 4 is 17.4 Å². The summed E-state index contributed by atoms with van der Waals surface area (Å²) >= 11 is 0. The normalized spacial score (nSPS) is 20.2. The van der Waals surface area contributed by atoms with Crippen LogP contribution in [0.3, 0.4) is 0 Å². The van der Waals surface area contributed by atoms with E-state index in [-0.39, 0.29) is 36.2 Å². The van der Waals surface area contributed by atoms with Crippen molar-refractivity contribution in [1.29, 1.82) is 0 Å². The second-order valence-electron chi connectivity index (χ2n) is 10.1. The van der Waals surface area contributed by atoms with Crippen LogP contribution in [0, 0.1) is 0 Å². The highest BCUT2D eigenvalue weighted by molar-refractivity contribution is 6.10. The highest BCUT2D eigenvalue weighted by atomic mass is 19.4. The molecule has 1 amide bonds. The summed E-state index contributed by atoms with van der Waals surface area (Å²) in [4.78, 5) is 27.5. The lowest BCUT2D eigenvalue weighted by Gasteiger charge is -2.37. The number of hydrogen-bond acceptors (Lipinski definition) is 5. The Labute approximate surface area is 228 Å². The van der Waals surface area contributed by atoms with E-state index in [1.165, 1.54) is 12.1 Å². The number of benzene rings is 3. The first kappa shape index (κ1) is 25.7. The van der Waals surface area contributed by atoms with Gasteiger partial charge in [-0.2, -0.15) is 13.2 Å². The van der Waals surface area contributed by atoms with Gasteiger partial charge in [0.25, 0.3) is 5.91 Å². The van der Waals surface area contributed by atoms with E-state index >= 15 is 0 Å². The molecule has 0 radical (unpaired) electrons. The Bertz CT molecular complexity index is 1580. The minimum Gasteiger partial charge on any atom is -0.454 e. The zero-order valence-corrected chi connectivity index (χ0v) is 21.5. The van der Waals surface area contributed by atoms with Crippen molar-refractivity contribution in [3.63, 3.8) is 0 Å². The Hall–Kier alpha value is -4.53. The highest BCUT2D eigenvalue weighted by Gasteiger charge is 2.41. The van der Waals surface area contributed by atoms with Crippen LogP contribution in [0.15, 0.2) is 95.3 Å². The summed E-state index contributed by atoms with van der Waals surface area (Å²) in [6.45, 7) is 1.80. The molecule has 3 aromatic carbocycles. The van der Waals surface area contributed by atoms with Gasteiger partial charge in [-0.05, 0) is 60.7 Å². The van der Waals surface area contributed by atoms with E-state index in [1.807, 2.05) is 30.3 Å². The van der Waals surface area contributed by atoms with Crippen LogP contribution in [0.25, 0.3) is 0 Å². The number of nitrogens with one attached hydrogen (secondary N) is 2. The van der Waals surface area contributed by atoms with Crippen LogP contribution in [0.1, 0.15) is 48.3 Å². The third kappa shape index (κ3) is 4.72. The summed E-state index contributed by atoms with van der Waals surface area (Å²) in [5, 5.41) is 5.92. The van der Waals surface area contributed by atoms with Crippen LogP contribution in [0.4, 0.5) is 18.9 Å². The van der Waals surface area contributed by atoms with Gasteiger partial charge < -0.3 is 20.1 Å². The first-order chi connectivity index (χ1) is 19.2. The predicted molar refractivity (Wildman–Crippen MR) is 142 cm³/mol. The lowest BCUT2D eigenvalue weighted by Crippen LogP contribution is -2.37. The zero-order valence-electron chi connectivity index (χ0n) is 21.5. The second-order valence-corrected chi connectivity index (χ2v) is 10.1. The number of anilines is 1. The Morgan fingerprint density at radius 1 is 0.925 bits per heavy atom. The largest absolute Gasteiger partial charge is 0.454 e. The summed E-state index contributed by atoms with van der Waals surface area (Å²) in [5.74, 6) is -0.411. The van der Waals surface area contributed by atoms with Crippen molar-refractivity contribution in [2.45, 2.75) is 37.8 Å². The lowest BCUT2D eigenvalue weighted by atomic mass is 9.71. The van der Waals surface area contributed by atoms with E-state index in [9.17, 15) is 22.8 Å². The number of carbonyl (C=O) groups is 2. The molecule has 2 N–H and O–H groups in total. The molecule has 0 fully saturated rings. The molecular weight excluding hydrogens is 521 g/mol. The number of Topliss-reactive ketones (excluding diaryl/α,β-unsaturated/α-hetero) is 1. The summed E-state index contributed by atoms with van der Waals surface area (Å²) in [5.41, 5.74) is 2.82. The number of dihydropyridines is 1. The fraction of sp³-hybridized carbons (Fsp3) is 0.226. The maximum atomic E-state index is 13.8. The Morgan fingerprint density at radius 2 is 1.70 bits per heavy atom. The third-order valence-corrected chi connectivity index (χ3v) is 7.52. The fourth-order valence-electron chi connectivity index (χ4n) is 5.70. The van der Waals surface area contributed by atoms with Gasteiger partial charge in [-0.1, -0.05) is 42.5 Å². The summed E-state index contributed by atoms with van der Waals surface area (Å²) < 4.78 is 50.9. The van der Waals surface area contributed by atoms with Crippen LogP contribution in [-0.4, -0.2) is 18.5 Å². The average Bonchev–Trinajstić information content (AvgIpc) is 3.40. The van der Waals surface area contributed by atoms with Crippen molar-refractivity contribution in [3.05, 3.63) is 112 Å². The summed E-state index contributed by atoms with van der Waals surface area (Å²) in [6.07, 6.45) is -3.71. The fourth-order valence-corrected chi connectivity index (χ4v) is 5.70. The number of ether oxygens (including phenoxy) is 2. The molecule has 6 rings (SSSR count). The standard InChI is InChI=1S/C31H25F3N2O4/c1-17-27(30(38)36-22-9-5-8-21(15-22)31(32,33)34)28(19-10-11-25-26(14-19)40-16-39-25)29-23(35-17)12-20(13-24(29)37)18-6-3-2-4-7-18/h2-11,14-15,20,28,35H,12-13,16H2,1H3,(H,36,38)/t20-,28-/m0/s1. The SMILES string of the molecule is CC1=C(C(=O)Nc2cccc(C(F)(F)F)c2)[C@H](c2ccc3c(c2)OCO3)C2=C(C[C@H](c3ccccc3)CC2=O)N1. The Balaban J connectivity index is 1.40. The Kier molecular flexibility index (Phi) is 6.37. The third-order valence-electron chi connectivity index (χ3n) is 7.52. The van der Waals surface area contributed by atoms with E-state index in [2.05, 4.69) is 10.6 Å². The van der Waals surface area contributed by atoms with Gasteiger partial charge in [0, 0.05) is 40.6 Å². The molecule has 3 aromatic rings. The smallest absolute Gasteiger partial charge is 0.416 e. The minimum atomic E-state index is -4.55. The zero-order chi connectivity index (χ0) is 28.0. The van der Waals surface area contributed by atoms with Crippen molar-refractivity contribution in [2.24, 2.45) is 0 Å². The van der Waals surface area contributed by atoms with Gasteiger partial charge in [-0.3, -0.25) is 9.59 Å². The molecule has 0 spiro atoms. The molecule has 0 aromatic heterocycles. The van der Waals surface area contributed by atoms with Gasteiger partial charge in [-0.25, -0.2) is 0 Å². The van der Waals surface area contributed by atoms with Crippen LogP contribution in [0.2, 0.25) is 0 Å². The van der Waals surface area contributed by atoms with Crippen molar-refractivity contribution in [3.8, 4) is 11.5 Å². The summed E-state index contributed by atoms with van der Waals surface area (Å²) in [7, 11) is 0. The maximum Gasteiger partial charge on any atom is 0.416 e. The molecule has 0 bridgehead atoms. The topological polar surface area (TPSA) is 76.7 Å². The van der Waals surface area contributed by atoms with Crippen molar-refractivity contribution in [1.82, 2.24) is 5.32 Å². The van der Waals surface area contributed by atoms with Crippen molar-refractivity contribution < 1.29 is 32.2 Å². The first-order valence-electron chi connectivity index (χ1n) is 12.9. The molecule has 0 saturated carbocycles. The van der Waals surface area contributed by atoms with E-state index in [4.69, 9.17) is 9.47 Å². The average molecular weight is 547 g/mol. The number of halogens is 3. The second kappa shape index (κ2) is 9.89. The number of allylic oxidation sites excluding steroid dienone is 3. The van der Waals surface area contributed by atoms with Gasteiger partial charge in [0.15, 0.2) is 17.3 Å². The molecule has 2 aliphatic heterocycles. The monoisotopic (exact) mass is 546 g/mol. The molecule has 2 heterocycles. The Morgan fingerprint density at radius 3 is 2.48 bits per heavy atom. The number of amides is 1. The number of alkyl halides is 3. The van der Waals surface area contributed by atoms with Gasteiger partial charge in [-0.15, -0.1) is 0 Å². The van der Waals surface area contributed by atoms with E-state index in [0.29, 0.717) is 34.8 Å². The minimum absolute atomic E-state index is 0.00319. The van der Waals surface area contributed by atoms with Gasteiger partial charge in [0.2, 0.25) is 6.79 Å². The number of carbonyl (C=O) groups excluding carboxylic acids is 2. The molecule has 1 aliphatic carbocycles. The molecule has 0 saturated heterocycles. The molecule has 204 valence electrons. The van der Waals surface area contributed by atoms with Gasteiger partial charge in [0.05, 0.1) is 5.56 Å². The summed E-state index contributed by atoms with van der Waals surface area (Å²) in [6, 6.07) is 19.5. The van der Waals surface area contributed by atoms with E-state index in [0.717, 1.165) is 23.4 Å². The van der Waals surface area contributed by atoms with Crippen molar-refractivity contribution in [2.75, 3.05) is 12.1 Å². The molecule has 3 aliphatic rings. The molecule has 9 heteroatoms. The molecule has 2 atom stereocenters. The first-order valence-corrected chi connectivity index (χ1v) is 12.9. The molecule has 40 heavy (non-hydrogen) atoms. The molecule has 6 nitrogen and oxygen atoms in total. The lowest BCUT2D eigenvalue weighted by molar-refractivity contribution is -0.137. The van der Waals surface area contributed by atoms with Gasteiger partial charge in [0.1, 0.15) is 0 Å². The number of ketones is 1. The predicted octanol–water partition coefficient (Wildman–Crippen LogP) is 6.43. The molecular formula is C31H25F3N2O4. The van der Waals surface area contributed by atoms with E-state index in [1.54, 1.807) is 25.1 Å². The van der Waals surface area contributed by atoms with E-state index < -0.39 is 23.6 Å². The quantitative estimate of drug-likeness (QED) is 0.394.